The summed E-state index contributed by atoms with van der Waals surface area (Å²) in [5, 5.41) is 9.56. The van der Waals surface area contributed by atoms with Gasteiger partial charge in [-0.3, -0.25) is 19.4 Å². The average Bonchev–Trinajstić information content (AvgIpc) is 3.36. The maximum Gasteiger partial charge on any atom is 0.303 e. The van der Waals surface area contributed by atoms with Crippen LogP contribution >= 0.6 is 46.6 Å². The van der Waals surface area contributed by atoms with Crippen LogP contribution in [0.25, 0.3) is 11.3 Å². The first-order chi connectivity index (χ1) is 19.0. The van der Waals surface area contributed by atoms with E-state index in [4.69, 9.17) is 53.8 Å². The lowest BCUT2D eigenvalue weighted by Gasteiger charge is -2.44. The molecule has 1 aliphatic heterocycles. The summed E-state index contributed by atoms with van der Waals surface area (Å²) in [4.78, 5) is 40.9. The number of thioether (sulfide) groups is 1. The minimum absolute atomic E-state index is 0.255. The standard InChI is InChI=1S/C25H23Cl3N4O7S/c1-12(33)36-11-21-23(37-13(2)34)22(32-10-20(30-31-32)15-6-16(26)9-29-8-15)24(38-14(3)35)25(39-21)40-17-4-5-18(27)19(28)7-17/h4-10,21-25H,11H2,1-3H3/t21?,22?,23-,24?,25+/m0/s1. The first-order valence-electron chi connectivity index (χ1n) is 11.8. The molecule has 1 fully saturated rings. The molecule has 3 aromatic rings. The van der Waals surface area contributed by atoms with Crippen LogP contribution in [0.3, 0.4) is 0 Å². The Hall–Kier alpha value is -2.90. The summed E-state index contributed by atoms with van der Waals surface area (Å²) in [6.45, 7) is 3.46. The molecular formula is C25H23Cl3N4O7S. The van der Waals surface area contributed by atoms with Gasteiger partial charge < -0.3 is 18.9 Å². The molecule has 15 heteroatoms. The van der Waals surface area contributed by atoms with Crippen molar-refractivity contribution in [2.45, 2.75) is 55.5 Å². The number of aromatic nitrogens is 4. The Kier molecular flexibility index (Phi) is 9.90. The molecule has 212 valence electrons. The predicted molar refractivity (Wildman–Crippen MR) is 146 cm³/mol. The third-order valence-corrected chi connectivity index (χ3v) is 7.71. The van der Waals surface area contributed by atoms with Gasteiger partial charge in [0.05, 0.1) is 21.3 Å². The highest BCUT2D eigenvalue weighted by atomic mass is 35.5. The van der Waals surface area contributed by atoms with Gasteiger partial charge in [0, 0.05) is 43.6 Å². The smallest absolute Gasteiger partial charge is 0.303 e. The number of pyridine rings is 1. The van der Waals surface area contributed by atoms with Gasteiger partial charge in [-0.15, -0.1) is 5.10 Å². The average molecular weight is 630 g/mol. The number of hydrogen-bond acceptors (Lipinski definition) is 11. The summed E-state index contributed by atoms with van der Waals surface area (Å²) >= 11 is 19.6. The van der Waals surface area contributed by atoms with Crippen molar-refractivity contribution < 1.29 is 33.3 Å². The minimum Gasteiger partial charge on any atom is -0.463 e. The van der Waals surface area contributed by atoms with E-state index in [9.17, 15) is 14.4 Å². The maximum absolute atomic E-state index is 12.3. The van der Waals surface area contributed by atoms with E-state index in [0.29, 0.717) is 31.2 Å². The first kappa shape index (κ1) is 30.1. The Morgan fingerprint density at radius 1 is 0.975 bits per heavy atom. The lowest BCUT2D eigenvalue weighted by atomic mass is 9.96. The van der Waals surface area contributed by atoms with Crippen LogP contribution in [0.1, 0.15) is 26.8 Å². The number of halogens is 3. The number of hydrogen-bond donors (Lipinski definition) is 0. The number of benzene rings is 1. The molecule has 0 amide bonds. The van der Waals surface area contributed by atoms with E-state index >= 15 is 0 Å². The van der Waals surface area contributed by atoms with Crippen LogP contribution in [-0.4, -0.2) is 68.2 Å². The van der Waals surface area contributed by atoms with Crippen LogP contribution < -0.4 is 0 Å². The number of carbonyl (C=O) groups is 3. The fraction of sp³-hybridized carbons (Fsp3) is 0.360. The molecule has 0 bridgehead atoms. The number of ether oxygens (including phenoxy) is 4. The lowest BCUT2D eigenvalue weighted by Crippen LogP contribution is -2.57. The van der Waals surface area contributed by atoms with Crippen LogP contribution in [0.4, 0.5) is 0 Å². The van der Waals surface area contributed by atoms with Crippen molar-refractivity contribution in [3.63, 3.8) is 0 Å². The largest absolute Gasteiger partial charge is 0.463 e. The van der Waals surface area contributed by atoms with Gasteiger partial charge >= 0.3 is 17.9 Å². The van der Waals surface area contributed by atoms with E-state index in [1.807, 2.05) is 0 Å². The topological polar surface area (TPSA) is 132 Å². The summed E-state index contributed by atoms with van der Waals surface area (Å²) in [6.07, 6.45) is 1.50. The van der Waals surface area contributed by atoms with Gasteiger partial charge in [-0.1, -0.05) is 51.8 Å². The highest BCUT2D eigenvalue weighted by Gasteiger charge is 2.52. The zero-order valence-electron chi connectivity index (χ0n) is 21.3. The second kappa shape index (κ2) is 13.2. The first-order valence-corrected chi connectivity index (χ1v) is 13.8. The second-order valence-corrected chi connectivity index (χ2v) is 11.1. The lowest BCUT2D eigenvalue weighted by molar-refractivity contribution is -0.212. The van der Waals surface area contributed by atoms with Gasteiger partial charge in [-0.05, 0) is 24.3 Å². The third kappa shape index (κ3) is 7.43. The molecule has 1 aliphatic rings. The van der Waals surface area contributed by atoms with Gasteiger partial charge in [0.2, 0.25) is 0 Å². The van der Waals surface area contributed by atoms with Crippen molar-refractivity contribution in [2.75, 3.05) is 6.61 Å². The molecule has 2 aromatic heterocycles. The molecule has 4 rings (SSSR count). The second-order valence-electron chi connectivity index (χ2n) is 8.65. The monoisotopic (exact) mass is 628 g/mol. The SMILES string of the molecule is CC(=O)OCC1O[C@H](Sc2ccc(Cl)c(Cl)c2)C(OC(C)=O)C(n2cc(-c3cncc(Cl)c3)nn2)[C@H]1OC(C)=O. The van der Waals surface area contributed by atoms with Crippen LogP contribution in [-0.2, 0) is 33.3 Å². The summed E-state index contributed by atoms with van der Waals surface area (Å²) in [5.41, 5.74) is 0.103. The molecule has 0 N–H and O–H groups in total. The Bertz CT molecular complexity index is 1410. The highest BCUT2D eigenvalue weighted by Crippen LogP contribution is 2.42. The molecule has 3 heterocycles. The Morgan fingerprint density at radius 3 is 2.35 bits per heavy atom. The Labute approximate surface area is 248 Å². The van der Waals surface area contributed by atoms with Gasteiger partial charge in [0.15, 0.2) is 12.2 Å². The summed E-state index contributed by atoms with van der Waals surface area (Å²) in [6, 6.07) is 5.69. The van der Waals surface area contributed by atoms with Crippen molar-refractivity contribution in [1.29, 1.82) is 0 Å². The molecule has 3 unspecified atom stereocenters. The van der Waals surface area contributed by atoms with Gasteiger partial charge in [-0.2, -0.15) is 0 Å². The highest BCUT2D eigenvalue weighted by molar-refractivity contribution is 7.99. The van der Waals surface area contributed by atoms with E-state index in [1.165, 1.54) is 43.4 Å². The molecule has 40 heavy (non-hydrogen) atoms. The van der Waals surface area contributed by atoms with E-state index in [2.05, 4.69) is 15.3 Å². The van der Waals surface area contributed by atoms with Crippen LogP contribution in [0.15, 0.2) is 47.8 Å². The minimum atomic E-state index is -1.10. The molecule has 11 nitrogen and oxygen atoms in total. The van der Waals surface area contributed by atoms with E-state index in [0.717, 1.165) is 0 Å². The summed E-state index contributed by atoms with van der Waals surface area (Å²) in [5.74, 6) is -1.81. The fourth-order valence-corrected chi connectivity index (χ4v) is 5.76. The molecule has 1 aromatic carbocycles. The van der Waals surface area contributed by atoms with Crippen molar-refractivity contribution >= 4 is 64.5 Å². The molecule has 5 atom stereocenters. The van der Waals surface area contributed by atoms with Gasteiger partial charge in [0.25, 0.3) is 0 Å². The zero-order valence-corrected chi connectivity index (χ0v) is 24.4. The van der Waals surface area contributed by atoms with Crippen molar-refractivity contribution in [3.8, 4) is 11.3 Å². The van der Waals surface area contributed by atoms with Gasteiger partial charge in [0.1, 0.15) is 29.9 Å². The fourth-order valence-electron chi connectivity index (χ4n) is 4.07. The van der Waals surface area contributed by atoms with Gasteiger partial charge in [-0.25, -0.2) is 4.68 Å². The summed E-state index contributed by atoms with van der Waals surface area (Å²) in [7, 11) is 0. The molecular weight excluding hydrogens is 607 g/mol. The number of carbonyl (C=O) groups excluding carboxylic acids is 3. The predicted octanol–water partition coefficient (Wildman–Crippen LogP) is 4.79. The molecule has 0 radical (unpaired) electrons. The normalized spacial score (nSPS) is 22.4. The Balaban J connectivity index is 1.80. The molecule has 0 spiro atoms. The quantitative estimate of drug-likeness (QED) is 0.252. The van der Waals surface area contributed by atoms with Crippen LogP contribution in [0.2, 0.25) is 15.1 Å². The van der Waals surface area contributed by atoms with E-state index < -0.39 is 47.7 Å². The van der Waals surface area contributed by atoms with Crippen LogP contribution in [0.5, 0.6) is 0 Å². The molecule has 0 saturated carbocycles. The molecule has 1 saturated heterocycles. The van der Waals surface area contributed by atoms with Crippen molar-refractivity contribution in [1.82, 2.24) is 20.0 Å². The Morgan fingerprint density at radius 2 is 1.70 bits per heavy atom. The summed E-state index contributed by atoms with van der Waals surface area (Å²) < 4.78 is 24.3. The van der Waals surface area contributed by atoms with Crippen molar-refractivity contribution in [2.24, 2.45) is 0 Å². The third-order valence-electron chi connectivity index (χ3n) is 5.63. The van der Waals surface area contributed by atoms with Crippen molar-refractivity contribution in [3.05, 3.63) is 57.9 Å². The zero-order chi connectivity index (χ0) is 29.0. The van der Waals surface area contributed by atoms with E-state index in [-0.39, 0.29) is 6.61 Å². The van der Waals surface area contributed by atoms with Crippen LogP contribution in [0, 0.1) is 0 Å². The number of nitrogens with zero attached hydrogens (tertiary/aromatic N) is 4. The number of esters is 3. The molecule has 0 aliphatic carbocycles. The number of rotatable bonds is 8. The van der Waals surface area contributed by atoms with E-state index in [1.54, 1.807) is 36.7 Å². The maximum atomic E-state index is 12.3.